The number of aliphatic carboxylic acids is 3. The van der Waals surface area contributed by atoms with Gasteiger partial charge in [0.2, 0.25) is 5.95 Å². The predicted octanol–water partition coefficient (Wildman–Crippen LogP) is 2.35. The number of carbonyl (C=O) groups is 3. The summed E-state index contributed by atoms with van der Waals surface area (Å²) in [5.74, 6) is -3.87. The fourth-order valence-corrected chi connectivity index (χ4v) is 4.01. The van der Waals surface area contributed by atoms with E-state index in [0.717, 1.165) is 28.8 Å². The van der Waals surface area contributed by atoms with Crippen LogP contribution in [0.15, 0.2) is 18.6 Å². The standard InChI is InChI=1S/C21H31N7O.C6H8O7/c1-7-17(15(6)29)25-21-26-19(18-20(27-21)28(11-24-18)12(2)3)23-10-16-9-22-14(5)8-13(16)4;7-3(8)1-6(13,5(11)12)2-4(9)10/h8-9,11-12,15,17,29H,7,10H2,1-6H3,(H2,23,25,26,27);13H,1-2H2,(H,7,8)(H,9,10)(H,11,12)/t15-,17+;/m1./s1. The lowest BCUT2D eigenvalue weighted by atomic mass is 9.96. The van der Waals surface area contributed by atoms with Crippen molar-refractivity contribution in [1.82, 2.24) is 24.5 Å². The highest BCUT2D eigenvalue weighted by molar-refractivity contribution is 5.88. The molecule has 0 unspecified atom stereocenters. The fourth-order valence-electron chi connectivity index (χ4n) is 4.01. The van der Waals surface area contributed by atoms with E-state index in [4.69, 9.17) is 20.4 Å². The van der Waals surface area contributed by atoms with Crippen LogP contribution in [0.3, 0.4) is 0 Å². The summed E-state index contributed by atoms with van der Waals surface area (Å²) in [4.78, 5) is 48.8. The Kier molecular flexibility index (Phi) is 11.7. The molecule has 0 saturated carbocycles. The topological polar surface area (TPSA) is 233 Å². The third kappa shape index (κ3) is 9.07. The van der Waals surface area contributed by atoms with Crippen molar-refractivity contribution in [3.05, 3.63) is 35.4 Å². The smallest absolute Gasteiger partial charge is 0.336 e. The monoisotopic (exact) mass is 589 g/mol. The predicted molar refractivity (Wildman–Crippen MR) is 153 cm³/mol. The van der Waals surface area contributed by atoms with Gasteiger partial charge in [-0.15, -0.1) is 0 Å². The highest BCUT2D eigenvalue weighted by atomic mass is 16.4. The molecule has 2 atom stereocenters. The van der Waals surface area contributed by atoms with Crippen LogP contribution in [0.2, 0.25) is 0 Å². The van der Waals surface area contributed by atoms with Crippen LogP contribution in [-0.4, -0.2) is 85.7 Å². The molecule has 3 heterocycles. The number of anilines is 2. The Balaban J connectivity index is 0.000000401. The number of imidazole rings is 1. The van der Waals surface area contributed by atoms with Crippen LogP contribution in [0.1, 0.15) is 69.8 Å². The Morgan fingerprint density at radius 2 is 1.64 bits per heavy atom. The third-order valence-corrected chi connectivity index (χ3v) is 6.40. The van der Waals surface area contributed by atoms with E-state index >= 15 is 0 Å². The lowest BCUT2D eigenvalue weighted by molar-refractivity contribution is -0.170. The third-order valence-electron chi connectivity index (χ3n) is 6.40. The zero-order chi connectivity index (χ0) is 31.8. The normalized spacial score (nSPS) is 12.8. The second kappa shape index (κ2) is 14.5. The van der Waals surface area contributed by atoms with Crippen molar-refractivity contribution in [2.45, 2.75) is 91.1 Å². The first-order valence-corrected chi connectivity index (χ1v) is 13.3. The SMILES string of the molecule is CC[C@H](Nc1nc(NCc2cnc(C)cc2C)c2ncn(C(C)C)c2n1)[C@@H](C)O.O=C(O)CC(O)(CC(=O)O)C(=O)O. The van der Waals surface area contributed by atoms with Crippen LogP contribution < -0.4 is 10.6 Å². The van der Waals surface area contributed by atoms with Gasteiger partial charge >= 0.3 is 17.9 Å². The Morgan fingerprint density at radius 1 is 1.02 bits per heavy atom. The molecule has 230 valence electrons. The highest BCUT2D eigenvalue weighted by Crippen LogP contribution is 2.25. The second-order valence-corrected chi connectivity index (χ2v) is 10.3. The van der Waals surface area contributed by atoms with Crippen molar-refractivity contribution < 1.29 is 39.9 Å². The van der Waals surface area contributed by atoms with Gasteiger partial charge in [-0.05, 0) is 58.2 Å². The lowest BCUT2D eigenvalue weighted by Crippen LogP contribution is -2.42. The summed E-state index contributed by atoms with van der Waals surface area (Å²) in [6.45, 7) is 12.6. The Labute approximate surface area is 242 Å². The van der Waals surface area contributed by atoms with E-state index in [2.05, 4.69) is 57.4 Å². The largest absolute Gasteiger partial charge is 0.481 e. The summed E-state index contributed by atoms with van der Waals surface area (Å²) in [5.41, 5.74) is 2.04. The minimum Gasteiger partial charge on any atom is -0.481 e. The van der Waals surface area contributed by atoms with E-state index in [9.17, 15) is 19.5 Å². The van der Waals surface area contributed by atoms with Crippen molar-refractivity contribution in [2.75, 3.05) is 10.6 Å². The average molecular weight is 590 g/mol. The van der Waals surface area contributed by atoms with Gasteiger partial charge in [0.1, 0.15) is 0 Å². The first-order chi connectivity index (χ1) is 19.6. The Bertz CT molecular complexity index is 1390. The van der Waals surface area contributed by atoms with Crippen molar-refractivity contribution in [1.29, 1.82) is 0 Å². The molecule has 15 heteroatoms. The van der Waals surface area contributed by atoms with Gasteiger partial charge in [0.25, 0.3) is 0 Å². The van der Waals surface area contributed by atoms with Gasteiger partial charge in [-0.25, -0.2) is 9.78 Å². The van der Waals surface area contributed by atoms with Crippen molar-refractivity contribution >= 4 is 40.8 Å². The molecule has 0 bridgehead atoms. The number of hydrogen-bond acceptors (Lipinski definition) is 11. The second-order valence-electron chi connectivity index (χ2n) is 10.3. The molecule has 0 aliphatic heterocycles. The van der Waals surface area contributed by atoms with E-state index in [1.807, 2.05) is 24.6 Å². The van der Waals surface area contributed by atoms with Crippen LogP contribution in [0, 0.1) is 13.8 Å². The summed E-state index contributed by atoms with van der Waals surface area (Å²) in [5, 5.41) is 50.5. The van der Waals surface area contributed by atoms with Crippen LogP contribution in [-0.2, 0) is 20.9 Å². The van der Waals surface area contributed by atoms with Gasteiger partial charge in [0.05, 0.1) is 31.3 Å². The first kappa shape index (κ1) is 33.8. The van der Waals surface area contributed by atoms with E-state index in [-0.39, 0.29) is 12.1 Å². The van der Waals surface area contributed by atoms with E-state index in [1.54, 1.807) is 13.3 Å². The molecule has 0 radical (unpaired) electrons. The number of aromatic nitrogens is 5. The number of aliphatic hydroxyl groups excluding tert-OH is 1. The van der Waals surface area contributed by atoms with Crippen LogP contribution in [0.4, 0.5) is 11.8 Å². The average Bonchev–Trinajstić information content (AvgIpc) is 3.30. The molecule has 3 rings (SSSR count). The number of aliphatic hydroxyl groups is 2. The molecular formula is C27H39N7O8. The van der Waals surface area contributed by atoms with E-state index in [0.29, 0.717) is 18.3 Å². The maximum Gasteiger partial charge on any atom is 0.336 e. The van der Waals surface area contributed by atoms with Crippen LogP contribution >= 0.6 is 0 Å². The maximum absolute atomic E-state index is 10.3. The minimum atomic E-state index is -2.74. The quantitative estimate of drug-likeness (QED) is 0.152. The maximum atomic E-state index is 10.3. The number of carboxylic acids is 3. The number of pyridine rings is 1. The molecule has 0 aromatic carbocycles. The molecule has 0 aliphatic carbocycles. The van der Waals surface area contributed by atoms with Gasteiger partial charge in [-0.3, -0.25) is 14.6 Å². The van der Waals surface area contributed by atoms with Crippen LogP contribution in [0.5, 0.6) is 0 Å². The van der Waals surface area contributed by atoms with Crippen LogP contribution in [0.25, 0.3) is 11.2 Å². The molecular weight excluding hydrogens is 550 g/mol. The van der Waals surface area contributed by atoms with Gasteiger partial charge in [0, 0.05) is 24.5 Å². The number of nitrogens with one attached hydrogen (secondary N) is 2. The molecule has 7 N–H and O–H groups in total. The summed E-state index contributed by atoms with van der Waals surface area (Å²) in [6.07, 6.45) is 1.65. The Morgan fingerprint density at radius 3 is 2.12 bits per heavy atom. The highest BCUT2D eigenvalue weighted by Gasteiger charge is 2.40. The van der Waals surface area contributed by atoms with Gasteiger partial charge in [0.15, 0.2) is 22.6 Å². The zero-order valence-corrected chi connectivity index (χ0v) is 24.5. The molecule has 0 spiro atoms. The number of hydrogen-bond donors (Lipinski definition) is 7. The van der Waals surface area contributed by atoms with E-state index in [1.165, 1.54) is 5.56 Å². The number of fused-ring (bicyclic) bond motifs is 1. The molecule has 0 amide bonds. The van der Waals surface area contributed by atoms with Gasteiger partial charge in [-0.1, -0.05) is 6.92 Å². The molecule has 42 heavy (non-hydrogen) atoms. The summed E-state index contributed by atoms with van der Waals surface area (Å²) in [7, 11) is 0. The minimum absolute atomic E-state index is 0.126. The lowest BCUT2D eigenvalue weighted by Gasteiger charge is -2.20. The molecule has 0 saturated heterocycles. The van der Waals surface area contributed by atoms with E-state index < -0.39 is 42.5 Å². The number of rotatable bonds is 13. The number of nitrogens with zero attached hydrogens (tertiary/aromatic N) is 5. The Hall–Kier alpha value is -4.37. The summed E-state index contributed by atoms with van der Waals surface area (Å²) in [6, 6.07) is 2.17. The molecule has 0 aliphatic rings. The van der Waals surface area contributed by atoms with Crippen molar-refractivity contribution in [2.24, 2.45) is 0 Å². The molecule has 3 aromatic rings. The number of carboxylic acid groups (broad SMARTS) is 3. The molecule has 0 fully saturated rings. The van der Waals surface area contributed by atoms with Crippen molar-refractivity contribution in [3.8, 4) is 0 Å². The first-order valence-electron chi connectivity index (χ1n) is 13.3. The van der Waals surface area contributed by atoms with Crippen molar-refractivity contribution in [3.63, 3.8) is 0 Å². The molecule has 15 nitrogen and oxygen atoms in total. The van der Waals surface area contributed by atoms with Gasteiger partial charge < -0.3 is 40.7 Å². The summed E-state index contributed by atoms with van der Waals surface area (Å²) >= 11 is 0. The summed E-state index contributed by atoms with van der Waals surface area (Å²) < 4.78 is 2.02. The zero-order valence-electron chi connectivity index (χ0n) is 24.5. The van der Waals surface area contributed by atoms with Gasteiger partial charge in [-0.2, -0.15) is 9.97 Å². The number of aryl methyl sites for hydroxylation is 2. The fraction of sp³-hybridized carbons (Fsp3) is 0.519. The molecule has 3 aromatic heterocycles.